The molecular weight excluding hydrogens is 258 g/mol. The van der Waals surface area contributed by atoms with Crippen LogP contribution in [0.4, 0.5) is 0 Å². The van der Waals surface area contributed by atoms with Crippen LogP contribution in [0.15, 0.2) is 0 Å². The number of hydrogen-bond donors (Lipinski definition) is 0. The summed E-state index contributed by atoms with van der Waals surface area (Å²) in [4.78, 5) is 2.47. The molecule has 19 heavy (non-hydrogen) atoms. The SMILES string of the molecule is CCOC(CCN1CCC[C@H]1C#CSCC)OCC. The van der Waals surface area contributed by atoms with E-state index in [2.05, 4.69) is 23.0 Å². The first-order chi connectivity index (χ1) is 9.31. The molecule has 0 N–H and O–H groups in total. The molecule has 1 aliphatic rings. The van der Waals surface area contributed by atoms with Crippen LogP contribution in [-0.2, 0) is 9.47 Å². The maximum atomic E-state index is 5.59. The highest BCUT2D eigenvalue weighted by atomic mass is 32.2. The molecule has 1 fully saturated rings. The van der Waals surface area contributed by atoms with Crippen LogP contribution in [0.1, 0.15) is 40.0 Å². The summed E-state index contributed by atoms with van der Waals surface area (Å²) in [6, 6.07) is 0.433. The summed E-state index contributed by atoms with van der Waals surface area (Å²) in [6.45, 7) is 9.75. The molecule has 0 aromatic rings. The van der Waals surface area contributed by atoms with E-state index in [1.165, 1.54) is 12.8 Å². The van der Waals surface area contributed by atoms with Crippen molar-refractivity contribution in [1.29, 1.82) is 0 Å². The maximum Gasteiger partial charge on any atom is 0.158 e. The topological polar surface area (TPSA) is 21.7 Å². The van der Waals surface area contributed by atoms with Gasteiger partial charge in [-0.25, -0.2) is 0 Å². The number of hydrogen-bond acceptors (Lipinski definition) is 4. The Kier molecular flexibility index (Phi) is 9.36. The van der Waals surface area contributed by atoms with E-state index in [0.717, 1.165) is 25.3 Å². The molecule has 0 saturated carbocycles. The van der Waals surface area contributed by atoms with E-state index < -0.39 is 0 Å². The van der Waals surface area contributed by atoms with Crippen molar-refractivity contribution >= 4 is 11.8 Å². The minimum atomic E-state index is -0.0609. The first kappa shape index (κ1) is 16.8. The van der Waals surface area contributed by atoms with E-state index in [1.54, 1.807) is 11.8 Å². The van der Waals surface area contributed by atoms with E-state index in [0.29, 0.717) is 19.3 Å². The quantitative estimate of drug-likeness (QED) is 0.505. The second-order valence-corrected chi connectivity index (χ2v) is 5.57. The molecule has 1 aliphatic heterocycles. The van der Waals surface area contributed by atoms with Crippen molar-refractivity contribution in [3.05, 3.63) is 0 Å². The van der Waals surface area contributed by atoms with Crippen molar-refractivity contribution in [2.24, 2.45) is 0 Å². The van der Waals surface area contributed by atoms with Gasteiger partial charge in [0.05, 0.1) is 6.04 Å². The van der Waals surface area contributed by atoms with Gasteiger partial charge in [0.2, 0.25) is 0 Å². The van der Waals surface area contributed by atoms with E-state index >= 15 is 0 Å². The van der Waals surface area contributed by atoms with Gasteiger partial charge in [-0.3, -0.25) is 4.90 Å². The Morgan fingerprint density at radius 3 is 2.63 bits per heavy atom. The second-order valence-electron chi connectivity index (χ2n) is 4.50. The highest BCUT2D eigenvalue weighted by Crippen LogP contribution is 2.18. The smallest absolute Gasteiger partial charge is 0.158 e. The molecule has 0 amide bonds. The predicted molar refractivity (Wildman–Crippen MR) is 82.2 cm³/mol. The van der Waals surface area contributed by atoms with Crippen molar-refractivity contribution in [1.82, 2.24) is 4.90 Å². The summed E-state index contributed by atoms with van der Waals surface area (Å²) < 4.78 is 11.2. The Bertz CT molecular complexity index is 282. The molecule has 1 atom stereocenters. The lowest BCUT2D eigenvalue weighted by molar-refractivity contribution is -0.141. The molecule has 0 radical (unpaired) electrons. The van der Waals surface area contributed by atoms with Gasteiger partial charge in [-0.05, 0) is 38.5 Å². The van der Waals surface area contributed by atoms with Crippen LogP contribution in [0.25, 0.3) is 0 Å². The molecule has 0 spiro atoms. The zero-order valence-corrected chi connectivity index (χ0v) is 13.3. The first-order valence-corrected chi connectivity index (χ1v) is 8.39. The van der Waals surface area contributed by atoms with Gasteiger partial charge in [0, 0.05) is 31.9 Å². The van der Waals surface area contributed by atoms with Gasteiger partial charge in [0.25, 0.3) is 0 Å². The number of nitrogens with zero attached hydrogens (tertiary/aromatic N) is 1. The molecule has 0 aliphatic carbocycles. The molecule has 4 heteroatoms. The van der Waals surface area contributed by atoms with Gasteiger partial charge in [-0.2, -0.15) is 0 Å². The van der Waals surface area contributed by atoms with Crippen molar-refractivity contribution in [2.45, 2.75) is 52.4 Å². The Balaban J connectivity index is 2.35. The molecular formula is C15H27NO2S. The van der Waals surface area contributed by atoms with E-state index in [4.69, 9.17) is 9.47 Å². The summed E-state index contributed by atoms with van der Waals surface area (Å²) in [5, 5.41) is 3.21. The predicted octanol–water partition coefficient (Wildman–Crippen LogP) is 2.95. The van der Waals surface area contributed by atoms with Crippen LogP contribution in [0.2, 0.25) is 0 Å². The molecule has 1 saturated heterocycles. The fourth-order valence-corrected chi connectivity index (χ4v) is 2.66. The Labute approximate surface area is 122 Å². The fraction of sp³-hybridized carbons (Fsp3) is 0.867. The Hall–Kier alpha value is -0.210. The number of ether oxygens (including phenoxy) is 2. The van der Waals surface area contributed by atoms with Gasteiger partial charge in [0.15, 0.2) is 6.29 Å². The minimum absolute atomic E-state index is 0.0609. The number of likely N-dealkylation sites (tertiary alicyclic amines) is 1. The van der Waals surface area contributed by atoms with Crippen molar-refractivity contribution in [3.8, 4) is 11.2 Å². The van der Waals surface area contributed by atoms with Crippen LogP contribution in [0.5, 0.6) is 0 Å². The summed E-state index contributed by atoms with van der Waals surface area (Å²) in [6.07, 6.45) is 3.32. The minimum Gasteiger partial charge on any atom is -0.353 e. The molecule has 0 unspecified atom stereocenters. The van der Waals surface area contributed by atoms with Crippen LogP contribution in [-0.4, -0.2) is 49.3 Å². The molecule has 110 valence electrons. The van der Waals surface area contributed by atoms with E-state index in [1.807, 2.05) is 13.8 Å². The lowest BCUT2D eigenvalue weighted by Gasteiger charge is -2.23. The van der Waals surface area contributed by atoms with Crippen molar-refractivity contribution in [3.63, 3.8) is 0 Å². The summed E-state index contributed by atoms with van der Waals surface area (Å²) in [7, 11) is 0. The van der Waals surface area contributed by atoms with Gasteiger partial charge >= 0.3 is 0 Å². The van der Waals surface area contributed by atoms with E-state index in [-0.39, 0.29) is 6.29 Å². The standard InChI is InChI=1S/C15H27NO2S/c1-4-17-15(18-5-2)9-12-16-11-7-8-14(16)10-13-19-6-3/h14-15H,4-9,11-12H2,1-3H3/t14-/m0/s1. The highest BCUT2D eigenvalue weighted by Gasteiger charge is 2.23. The Morgan fingerprint density at radius 1 is 1.26 bits per heavy atom. The van der Waals surface area contributed by atoms with Crippen molar-refractivity contribution < 1.29 is 9.47 Å². The largest absolute Gasteiger partial charge is 0.353 e. The lowest BCUT2D eigenvalue weighted by atomic mass is 10.2. The average Bonchev–Trinajstić information content (AvgIpc) is 2.84. The molecule has 0 aromatic carbocycles. The Morgan fingerprint density at radius 2 is 2.00 bits per heavy atom. The highest BCUT2D eigenvalue weighted by molar-refractivity contribution is 8.03. The van der Waals surface area contributed by atoms with Gasteiger partial charge < -0.3 is 9.47 Å². The van der Waals surface area contributed by atoms with Crippen molar-refractivity contribution in [2.75, 3.05) is 32.1 Å². The molecule has 0 bridgehead atoms. The van der Waals surface area contributed by atoms with Crippen LogP contribution >= 0.6 is 11.8 Å². The third-order valence-corrected chi connectivity index (χ3v) is 3.71. The fourth-order valence-electron chi connectivity index (χ4n) is 2.30. The van der Waals surface area contributed by atoms with Crippen LogP contribution < -0.4 is 0 Å². The third kappa shape index (κ3) is 6.67. The monoisotopic (exact) mass is 285 g/mol. The molecule has 0 aromatic heterocycles. The molecule has 1 heterocycles. The summed E-state index contributed by atoms with van der Waals surface area (Å²) in [5.74, 6) is 4.44. The zero-order chi connectivity index (χ0) is 13.9. The summed E-state index contributed by atoms with van der Waals surface area (Å²) in [5.41, 5.74) is 0. The van der Waals surface area contributed by atoms with Gasteiger partial charge in [0.1, 0.15) is 0 Å². The van der Waals surface area contributed by atoms with Crippen LogP contribution in [0, 0.1) is 11.2 Å². The zero-order valence-electron chi connectivity index (χ0n) is 12.5. The number of rotatable bonds is 8. The van der Waals surface area contributed by atoms with Gasteiger partial charge in [-0.15, -0.1) is 0 Å². The second kappa shape index (κ2) is 10.6. The third-order valence-electron chi connectivity index (χ3n) is 3.16. The van der Waals surface area contributed by atoms with E-state index in [9.17, 15) is 0 Å². The maximum absolute atomic E-state index is 5.59. The average molecular weight is 285 g/mol. The van der Waals surface area contributed by atoms with Gasteiger partial charge in [-0.1, -0.05) is 24.6 Å². The molecule has 3 nitrogen and oxygen atoms in total. The number of thioether (sulfide) groups is 1. The first-order valence-electron chi connectivity index (χ1n) is 7.41. The van der Waals surface area contributed by atoms with Crippen LogP contribution in [0.3, 0.4) is 0 Å². The lowest BCUT2D eigenvalue weighted by Crippen LogP contribution is -2.32. The summed E-state index contributed by atoms with van der Waals surface area (Å²) >= 11 is 1.70. The molecule has 1 rings (SSSR count). The normalized spacial score (nSPS) is 19.7.